The Balaban J connectivity index is 2.80. The van der Waals surface area contributed by atoms with Gasteiger partial charge in [0.05, 0.1) is 12.1 Å². The van der Waals surface area contributed by atoms with Crippen LogP contribution in [0, 0.1) is 0 Å². The van der Waals surface area contributed by atoms with E-state index < -0.39 is 17.2 Å². The number of methoxy groups -OCH3 is 1. The molecule has 0 spiro atoms. The van der Waals surface area contributed by atoms with Crippen molar-refractivity contribution in [2.75, 3.05) is 7.11 Å². The van der Waals surface area contributed by atoms with E-state index in [1.807, 2.05) is 0 Å². The summed E-state index contributed by atoms with van der Waals surface area (Å²) in [4.78, 5) is 22.1. The quantitative estimate of drug-likeness (QED) is 0.831. The largest absolute Gasteiger partial charge is 0.495 e. The molecule has 1 heterocycles. The van der Waals surface area contributed by atoms with Crippen molar-refractivity contribution >= 4 is 28.5 Å². The molecule has 2 aromatic rings. The second-order valence-electron chi connectivity index (χ2n) is 3.28. The maximum atomic E-state index is 11.3. The first-order chi connectivity index (χ1) is 8.02. The SMILES string of the molecule is COc1cc2cc(C(=O)O)c(=O)oc2cc1Cl. The molecule has 17 heavy (non-hydrogen) atoms. The summed E-state index contributed by atoms with van der Waals surface area (Å²) in [5, 5.41) is 9.51. The lowest BCUT2D eigenvalue weighted by molar-refractivity contribution is 0.0692. The Kier molecular flexibility index (Phi) is 2.77. The highest BCUT2D eigenvalue weighted by atomic mass is 35.5. The number of carbonyl (C=O) groups is 1. The Hall–Kier alpha value is -2.01. The summed E-state index contributed by atoms with van der Waals surface area (Å²) in [7, 11) is 1.43. The van der Waals surface area contributed by atoms with Crippen LogP contribution in [0.15, 0.2) is 27.4 Å². The smallest absolute Gasteiger partial charge is 0.351 e. The minimum absolute atomic E-state index is 0.214. The van der Waals surface area contributed by atoms with Crippen LogP contribution in [0.5, 0.6) is 5.75 Å². The van der Waals surface area contributed by atoms with Gasteiger partial charge in [0.2, 0.25) is 0 Å². The van der Waals surface area contributed by atoms with E-state index in [9.17, 15) is 9.59 Å². The van der Waals surface area contributed by atoms with Crippen molar-refractivity contribution in [3.63, 3.8) is 0 Å². The minimum Gasteiger partial charge on any atom is -0.495 e. The van der Waals surface area contributed by atoms with E-state index in [2.05, 4.69) is 0 Å². The molecule has 0 bridgehead atoms. The highest BCUT2D eigenvalue weighted by molar-refractivity contribution is 6.32. The van der Waals surface area contributed by atoms with E-state index in [1.54, 1.807) is 0 Å². The molecule has 0 aliphatic heterocycles. The number of halogens is 1. The summed E-state index contributed by atoms with van der Waals surface area (Å²) in [6, 6.07) is 4.14. The Morgan fingerprint density at radius 2 is 2.12 bits per heavy atom. The summed E-state index contributed by atoms with van der Waals surface area (Å²) < 4.78 is 9.84. The summed E-state index contributed by atoms with van der Waals surface area (Å²) in [6.07, 6.45) is 0. The van der Waals surface area contributed by atoms with Crippen molar-refractivity contribution in [2.24, 2.45) is 0 Å². The summed E-state index contributed by atoms with van der Waals surface area (Å²) in [5.74, 6) is -0.959. The lowest BCUT2D eigenvalue weighted by Gasteiger charge is -2.04. The number of carboxylic acid groups (broad SMARTS) is 1. The number of benzene rings is 1. The van der Waals surface area contributed by atoms with Gasteiger partial charge in [-0.05, 0) is 12.1 Å². The monoisotopic (exact) mass is 254 g/mol. The molecule has 88 valence electrons. The maximum absolute atomic E-state index is 11.3. The fourth-order valence-corrected chi connectivity index (χ4v) is 1.66. The highest BCUT2D eigenvalue weighted by Crippen LogP contribution is 2.29. The Morgan fingerprint density at radius 3 is 2.71 bits per heavy atom. The normalized spacial score (nSPS) is 10.5. The topological polar surface area (TPSA) is 76.7 Å². The standard InChI is InChI=1S/C11H7ClO5/c1-16-9-3-5-2-6(10(13)14)11(15)17-8(5)4-7(9)12/h2-4H,1H3,(H,13,14). The number of ether oxygens (including phenoxy) is 1. The molecule has 1 aromatic heterocycles. The highest BCUT2D eigenvalue weighted by Gasteiger charge is 2.13. The predicted octanol–water partition coefficient (Wildman–Crippen LogP) is 2.15. The van der Waals surface area contributed by atoms with Crippen molar-refractivity contribution in [1.29, 1.82) is 0 Å². The Labute approximate surface area is 100 Å². The number of hydrogen-bond acceptors (Lipinski definition) is 4. The third kappa shape index (κ3) is 1.97. The van der Waals surface area contributed by atoms with Crippen LogP contribution in [0.3, 0.4) is 0 Å². The second-order valence-corrected chi connectivity index (χ2v) is 3.68. The molecule has 6 heteroatoms. The van der Waals surface area contributed by atoms with E-state index >= 15 is 0 Å². The molecule has 1 N–H and O–H groups in total. The van der Waals surface area contributed by atoms with Crippen LogP contribution in [-0.2, 0) is 0 Å². The van der Waals surface area contributed by atoms with Crippen LogP contribution in [0.2, 0.25) is 5.02 Å². The fourth-order valence-electron chi connectivity index (χ4n) is 1.43. The van der Waals surface area contributed by atoms with Gasteiger partial charge >= 0.3 is 11.6 Å². The second kappa shape index (κ2) is 4.10. The first kappa shape index (κ1) is 11.5. The van der Waals surface area contributed by atoms with Gasteiger partial charge < -0.3 is 14.3 Å². The van der Waals surface area contributed by atoms with Crippen LogP contribution < -0.4 is 10.4 Å². The summed E-state index contributed by atoms with van der Waals surface area (Å²) in [6.45, 7) is 0. The van der Waals surface area contributed by atoms with Gasteiger partial charge in [0.15, 0.2) is 0 Å². The molecule has 0 atom stereocenters. The van der Waals surface area contributed by atoms with Crippen molar-refractivity contribution in [2.45, 2.75) is 0 Å². The minimum atomic E-state index is -1.34. The van der Waals surface area contributed by atoms with Gasteiger partial charge in [0, 0.05) is 11.5 Å². The molecule has 0 fully saturated rings. The maximum Gasteiger partial charge on any atom is 0.351 e. The van der Waals surface area contributed by atoms with Gasteiger partial charge in [-0.25, -0.2) is 9.59 Å². The average Bonchev–Trinajstić information content (AvgIpc) is 2.27. The van der Waals surface area contributed by atoms with Crippen molar-refractivity contribution < 1.29 is 19.1 Å². The fraction of sp³-hybridized carbons (Fsp3) is 0.0909. The van der Waals surface area contributed by atoms with E-state index in [-0.39, 0.29) is 10.6 Å². The average molecular weight is 255 g/mol. The molecular formula is C11H7ClO5. The third-order valence-electron chi connectivity index (χ3n) is 2.24. The third-order valence-corrected chi connectivity index (χ3v) is 2.53. The molecule has 2 rings (SSSR count). The first-order valence-corrected chi connectivity index (χ1v) is 4.95. The molecule has 5 nitrogen and oxygen atoms in total. The van der Waals surface area contributed by atoms with Gasteiger partial charge in [0.1, 0.15) is 16.9 Å². The van der Waals surface area contributed by atoms with Gasteiger partial charge in [-0.3, -0.25) is 0 Å². The molecule has 0 unspecified atom stereocenters. The summed E-state index contributed by atoms with van der Waals surface area (Å²) >= 11 is 5.85. The number of fused-ring (bicyclic) bond motifs is 1. The predicted molar refractivity (Wildman–Crippen MR) is 61.0 cm³/mol. The molecule has 0 amide bonds. The number of aromatic carboxylic acids is 1. The van der Waals surface area contributed by atoms with Crippen LogP contribution in [-0.4, -0.2) is 18.2 Å². The number of rotatable bonds is 2. The molecule has 0 radical (unpaired) electrons. The summed E-state index contributed by atoms with van der Waals surface area (Å²) in [5.41, 5.74) is -1.13. The van der Waals surface area contributed by atoms with Crippen LogP contribution >= 0.6 is 11.6 Å². The van der Waals surface area contributed by atoms with Crippen LogP contribution in [0.4, 0.5) is 0 Å². The van der Waals surface area contributed by atoms with Gasteiger partial charge in [-0.15, -0.1) is 0 Å². The first-order valence-electron chi connectivity index (χ1n) is 4.57. The zero-order chi connectivity index (χ0) is 12.6. The molecule has 0 aliphatic rings. The zero-order valence-electron chi connectivity index (χ0n) is 8.69. The zero-order valence-corrected chi connectivity index (χ0v) is 9.45. The van der Waals surface area contributed by atoms with Crippen LogP contribution in [0.25, 0.3) is 11.0 Å². The van der Waals surface area contributed by atoms with Crippen molar-refractivity contribution in [3.05, 3.63) is 39.2 Å². The molecule has 0 aliphatic carbocycles. The van der Waals surface area contributed by atoms with E-state index in [4.69, 9.17) is 25.9 Å². The Bertz CT molecular complexity index is 659. The molecule has 0 saturated carbocycles. The number of hydrogen-bond donors (Lipinski definition) is 1. The van der Waals surface area contributed by atoms with Crippen molar-refractivity contribution in [1.82, 2.24) is 0 Å². The molecule has 0 saturated heterocycles. The van der Waals surface area contributed by atoms with E-state index in [0.29, 0.717) is 11.1 Å². The Morgan fingerprint density at radius 1 is 1.41 bits per heavy atom. The van der Waals surface area contributed by atoms with E-state index in [1.165, 1.54) is 25.3 Å². The molecule has 1 aromatic carbocycles. The van der Waals surface area contributed by atoms with Crippen molar-refractivity contribution in [3.8, 4) is 5.75 Å². The van der Waals surface area contributed by atoms with Gasteiger partial charge in [0.25, 0.3) is 0 Å². The van der Waals surface area contributed by atoms with Crippen LogP contribution in [0.1, 0.15) is 10.4 Å². The van der Waals surface area contributed by atoms with E-state index in [0.717, 1.165) is 0 Å². The lowest BCUT2D eigenvalue weighted by Crippen LogP contribution is -2.12. The lowest BCUT2D eigenvalue weighted by atomic mass is 10.2. The van der Waals surface area contributed by atoms with Gasteiger partial charge in [-0.2, -0.15) is 0 Å². The van der Waals surface area contributed by atoms with Gasteiger partial charge in [-0.1, -0.05) is 11.6 Å². The number of carboxylic acids is 1. The molecular weight excluding hydrogens is 248 g/mol.